The number of hydrogen-bond acceptors (Lipinski definition) is 5. The molecule has 0 radical (unpaired) electrons. The molecule has 1 heterocycles. The third-order valence-electron chi connectivity index (χ3n) is 3.11. The minimum atomic E-state index is -0.139. The van der Waals surface area contributed by atoms with Gasteiger partial charge in [-0.15, -0.1) is 0 Å². The largest absolute Gasteiger partial charge is 0.502 e. The van der Waals surface area contributed by atoms with E-state index in [4.69, 9.17) is 18.9 Å². The van der Waals surface area contributed by atoms with Crippen LogP contribution in [0.3, 0.4) is 0 Å². The second-order valence-electron chi connectivity index (χ2n) is 4.46. The van der Waals surface area contributed by atoms with Gasteiger partial charge >= 0.3 is 0 Å². The third-order valence-corrected chi connectivity index (χ3v) is 3.11. The Morgan fingerprint density at radius 3 is 2.42 bits per heavy atom. The molecule has 1 saturated heterocycles. The second kappa shape index (κ2) is 6.63. The highest BCUT2D eigenvalue weighted by molar-refractivity contribution is 5.52. The normalized spacial score (nSPS) is 19.2. The first kappa shape index (κ1) is 14.0. The molecule has 1 aromatic carbocycles. The summed E-state index contributed by atoms with van der Waals surface area (Å²) >= 11 is 0. The Labute approximate surface area is 113 Å². The summed E-state index contributed by atoms with van der Waals surface area (Å²) in [4.78, 5) is 0. The highest BCUT2D eigenvalue weighted by atomic mass is 16.7. The van der Waals surface area contributed by atoms with Gasteiger partial charge < -0.3 is 24.1 Å². The fourth-order valence-electron chi connectivity index (χ4n) is 2.06. The second-order valence-corrected chi connectivity index (χ2v) is 4.46. The molecule has 1 aromatic rings. The molecule has 1 N–H and O–H groups in total. The van der Waals surface area contributed by atoms with Gasteiger partial charge in [0, 0.05) is 6.61 Å². The molecular weight excluding hydrogens is 248 g/mol. The Kier molecular flexibility index (Phi) is 4.87. The molecule has 1 unspecified atom stereocenters. The van der Waals surface area contributed by atoms with Crippen LogP contribution in [0.4, 0.5) is 0 Å². The number of ether oxygens (including phenoxy) is 4. The number of methoxy groups -OCH3 is 2. The summed E-state index contributed by atoms with van der Waals surface area (Å²) in [5, 5.41) is 9.81. The predicted octanol–water partition coefficient (Wildman–Crippen LogP) is 2.45. The standard InChI is InChI=1S/C14H20O5/c1-16-11-7-10(8-12(17-2)14(11)15)9-19-13-5-3-4-6-18-13/h7-8,13,15H,3-6,9H2,1-2H3. The first-order valence-corrected chi connectivity index (χ1v) is 6.41. The summed E-state index contributed by atoms with van der Waals surface area (Å²) in [6, 6.07) is 3.47. The van der Waals surface area contributed by atoms with Crippen LogP contribution in [0, 0.1) is 0 Å². The highest BCUT2D eigenvalue weighted by Gasteiger charge is 2.16. The molecule has 0 amide bonds. The van der Waals surface area contributed by atoms with Crippen molar-refractivity contribution in [2.75, 3.05) is 20.8 Å². The fourth-order valence-corrected chi connectivity index (χ4v) is 2.06. The van der Waals surface area contributed by atoms with Gasteiger partial charge in [0.25, 0.3) is 0 Å². The van der Waals surface area contributed by atoms with E-state index in [-0.39, 0.29) is 12.0 Å². The van der Waals surface area contributed by atoms with E-state index in [1.54, 1.807) is 12.1 Å². The van der Waals surface area contributed by atoms with Crippen molar-refractivity contribution >= 4 is 0 Å². The number of phenols is 1. The average Bonchev–Trinajstić information content (AvgIpc) is 2.47. The molecule has 1 atom stereocenters. The van der Waals surface area contributed by atoms with E-state index in [2.05, 4.69) is 0 Å². The summed E-state index contributed by atoms with van der Waals surface area (Å²) in [7, 11) is 3.01. The van der Waals surface area contributed by atoms with E-state index in [1.807, 2.05) is 0 Å². The van der Waals surface area contributed by atoms with Gasteiger partial charge in [-0.25, -0.2) is 0 Å². The van der Waals surface area contributed by atoms with E-state index < -0.39 is 0 Å². The van der Waals surface area contributed by atoms with Crippen molar-refractivity contribution in [3.05, 3.63) is 17.7 Å². The Balaban J connectivity index is 2.02. The van der Waals surface area contributed by atoms with Gasteiger partial charge in [0.2, 0.25) is 5.75 Å². The van der Waals surface area contributed by atoms with Crippen molar-refractivity contribution in [2.24, 2.45) is 0 Å². The summed E-state index contributed by atoms with van der Waals surface area (Å²) < 4.78 is 21.4. The zero-order chi connectivity index (χ0) is 13.7. The average molecular weight is 268 g/mol. The minimum absolute atomic E-state index is 0.00247. The van der Waals surface area contributed by atoms with Gasteiger partial charge in [0.1, 0.15) is 0 Å². The SMILES string of the molecule is COc1cc(COC2CCCCO2)cc(OC)c1O. The maximum atomic E-state index is 9.81. The lowest BCUT2D eigenvalue weighted by molar-refractivity contribution is -0.168. The summed E-state index contributed by atoms with van der Waals surface area (Å²) in [6.45, 7) is 1.16. The zero-order valence-corrected chi connectivity index (χ0v) is 11.3. The Bertz CT molecular complexity index is 387. The van der Waals surface area contributed by atoms with E-state index in [0.717, 1.165) is 31.4 Å². The van der Waals surface area contributed by atoms with E-state index in [0.29, 0.717) is 18.1 Å². The molecule has 0 aromatic heterocycles. The molecule has 5 nitrogen and oxygen atoms in total. The number of hydrogen-bond donors (Lipinski definition) is 1. The lowest BCUT2D eigenvalue weighted by Crippen LogP contribution is -2.22. The Hall–Kier alpha value is -1.46. The molecule has 0 spiro atoms. The molecular formula is C14H20O5. The molecule has 19 heavy (non-hydrogen) atoms. The topological polar surface area (TPSA) is 57.2 Å². The molecule has 0 saturated carbocycles. The van der Waals surface area contributed by atoms with Crippen LogP contribution in [0.5, 0.6) is 17.2 Å². The molecule has 0 aliphatic carbocycles. The quantitative estimate of drug-likeness (QED) is 0.889. The number of phenolic OH excluding ortho intramolecular Hbond substituents is 1. The number of rotatable bonds is 5. The number of aromatic hydroxyl groups is 1. The molecule has 1 fully saturated rings. The summed E-state index contributed by atoms with van der Waals surface area (Å²) in [5.74, 6) is 0.757. The predicted molar refractivity (Wildman–Crippen MR) is 69.6 cm³/mol. The maximum absolute atomic E-state index is 9.81. The summed E-state index contributed by atoms with van der Waals surface area (Å²) in [5.41, 5.74) is 0.876. The molecule has 2 rings (SSSR count). The van der Waals surface area contributed by atoms with Crippen molar-refractivity contribution in [2.45, 2.75) is 32.2 Å². The van der Waals surface area contributed by atoms with Crippen LogP contribution in [0.25, 0.3) is 0 Å². The van der Waals surface area contributed by atoms with Gasteiger partial charge in [-0.3, -0.25) is 0 Å². The van der Waals surface area contributed by atoms with Crippen LogP contribution in [0.1, 0.15) is 24.8 Å². The van der Waals surface area contributed by atoms with Gasteiger partial charge in [-0.1, -0.05) is 0 Å². The van der Waals surface area contributed by atoms with Crippen LogP contribution in [-0.4, -0.2) is 32.2 Å². The first-order valence-electron chi connectivity index (χ1n) is 6.41. The molecule has 1 aliphatic rings. The monoisotopic (exact) mass is 268 g/mol. The third kappa shape index (κ3) is 3.52. The first-order chi connectivity index (χ1) is 9.24. The zero-order valence-electron chi connectivity index (χ0n) is 11.3. The maximum Gasteiger partial charge on any atom is 0.200 e. The van der Waals surface area contributed by atoms with Gasteiger partial charge in [-0.05, 0) is 37.0 Å². The molecule has 0 bridgehead atoms. The number of benzene rings is 1. The lowest BCUT2D eigenvalue weighted by Gasteiger charge is -2.23. The van der Waals surface area contributed by atoms with Crippen molar-refractivity contribution in [3.63, 3.8) is 0 Å². The highest BCUT2D eigenvalue weighted by Crippen LogP contribution is 2.37. The molecule has 106 valence electrons. The summed E-state index contributed by atoms with van der Waals surface area (Å²) in [6.07, 6.45) is 3.01. The van der Waals surface area contributed by atoms with Crippen molar-refractivity contribution in [1.29, 1.82) is 0 Å². The van der Waals surface area contributed by atoms with Gasteiger partial charge in [-0.2, -0.15) is 0 Å². The minimum Gasteiger partial charge on any atom is -0.502 e. The van der Waals surface area contributed by atoms with Gasteiger partial charge in [0.15, 0.2) is 17.8 Å². The van der Waals surface area contributed by atoms with Crippen LogP contribution >= 0.6 is 0 Å². The van der Waals surface area contributed by atoms with Crippen LogP contribution in [0.15, 0.2) is 12.1 Å². The van der Waals surface area contributed by atoms with Crippen LogP contribution in [-0.2, 0) is 16.1 Å². The van der Waals surface area contributed by atoms with Crippen LogP contribution < -0.4 is 9.47 Å². The van der Waals surface area contributed by atoms with E-state index in [9.17, 15) is 5.11 Å². The van der Waals surface area contributed by atoms with Crippen molar-refractivity contribution in [3.8, 4) is 17.2 Å². The van der Waals surface area contributed by atoms with Crippen molar-refractivity contribution < 1.29 is 24.1 Å². The fraction of sp³-hybridized carbons (Fsp3) is 0.571. The molecule has 5 heteroatoms. The lowest BCUT2D eigenvalue weighted by atomic mass is 10.2. The van der Waals surface area contributed by atoms with Crippen LogP contribution in [0.2, 0.25) is 0 Å². The Morgan fingerprint density at radius 2 is 1.89 bits per heavy atom. The Morgan fingerprint density at radius 1 is 1.21 bits per heavy atom. The van der Waals surface area contributed by atoms with E-state index in [1.165, 1.54) is 14.2 Å². The van der Waals surface area contributed by atoms with Gasteiger partial charge in [0.05, 0.1) is 20.8 Å². The smallest absolute Gasteiger partial charge is 0.200 e. The van der Waals surface area contributed by atoms with E-state index >= 15 is 0 Å². The van der Waals surface area contributed by atoms with Crippen molar-refractivity contribution in [1.82, 2.24) is 0 Å². The molecule has 1 aliphatic heterocycles.